The summed E-state index contributed by atoms with van der Waals surface area (Å²) in [7, 11) is 0. The molecule has 0 bridgehead atoms. The molecule has 0 N–H and O–H groups in total. The van der Waals surface area contributed by atoms with Crippen molar-refractivity contribution in [3.63, 3.8) is 0 Å². The minimum Gasteiger partial charge on any atom is -0.246 e. The van der Waals surface area contributed by atoms with Gasteiger partial charge in [-0.3, -0.25) is 0 Å². The fourth-order valence-corrected chi connectivity index (χ4v) is 2.49. The second-order valence-corrected chi connectivity index (χ2v) is 6.91. The molecule has 1 nitrogen and oxygen atoms in total. The number of halogens is 1. The maximum atomic E-state index is 4.42. The van der Waals surface area contributed by atoms with Crippen molar-refractivity contribution in [1.29, 1.82) is 0 Å². The van der Waals surface area contributed by atoms with Crippen molar-refractivity contribution in [1.82, 2.24) is 4.98 Å². The Labute approximate surface area is 97.9 Å². The van der Waals surface area contributed by atoms with Crippen LogP contribution in [-0.4, -0.2) is 9.73 Å². The molecular weight excluding hydrogens is 293 g/mol. The minimum atomic E-state index is 0.263. The Kier molecular flexibility index (Phi) is 3.63. The molecular formula is C10H14INS. The summed E-state index contributed by atoms with van der Waals surface area (Å²) in [6.07, 6.45) is 0. The van der Waals surface area contributed by atoms with Gasteiger partial charge in [-0.25, -0.2) is 4.98 Å². The molecule has 13 heavy (non-hydrogen) atoms. The third-order valence-electron chi connectivity index (χ3n) is 1.42. The normalized spacial score (nSPS) is 11.8. The lowest BCUT2D eigenvalue weighted by atomic mass is 10.3. The molecule has 0 atom stereocenters. The van der Waals surface area contributed by atoms with Crippen LogP contribution in [0.15, 0.2) is 17.0 Å². The first-order chi connectivity index (χ1) is 5.88. The van der Waals surface area contributed by atoms with E-state index in [1.807, 2.05) is 11.8 Å². The van der Waals surface area contributed by atoms with Crippen molar-refractivity contribution in [2.24, 2.45) is 0 Å². The molecule has 1 heterocycles. The van der Waals surface area contributed by atoms with Crippen molar-refractivity contribution in [2.75, 3.05) is 0 Å². The molecule has 0 saturated carbocycles. The number of pyridine rings is 1. The van der Waals surface area contributed by atoms with E-state index in [0.29, 0.717) is 0 Å². The number of hydrogen-bond donors (Lipinski definition) is 0. The van der Waals surface area contributed by atoms with Crippen LogP contribution in [0.5, 0.6) is 0 Å². The Morgan fingerprint density at radius 1 is 1.31 bits per heavy atom. The lowest BCUT2D eigenvalue weighted by Crippen LogP contribution is -2.07. The molecule has 1 aromatic rings. The third kappa shape index (κ3) is 3.85. The van der Waals surface area contributed by atoms with Crippen LogP contribution in [0.2, 0.25) is 0 Å². The number of hydrogen-bond acceptors (Lipinski definition) is 2. The zero-order valence-corrected chi connectivity index (χ0v) is 11.4. The molecule has 0 unspecified atom stereocenters. The van der Waals surface area contributed by atoms with Gasteiger partial charge in [-0.15, -0.1) is 11.8 Å². The molecule has 1 aromatic heterocycles. The average molecular weight is 307 g/mol. The van der Waals surface area contributed by atoms with Crippen molar-refractivity contribution in [2.45, 2.75) is 37.3 Å². The molecule has 0 fully saturated rings. The van der Waals surface area contributed by atoms with Gasteiger partial charge in [0.15, 0.2) is 0 Å². The Morgan fingerprint density at radius 3 is 2.38 bits per heavy atom. The summed E-state index contributed by atoms with van der Waals surface area (Å²) in [5.41, 5.74) is 1.13. The van der Waals surface area contributed by atoms with Gasteiger partial charge in [-0.1, -0.05) is 20.8 Å². The summed E-state index contributed by atoms with van der Waals surface area (Å²) in [5, 5.41) is 0. The van der Waals surface area contributed by atoms with Gasteiger partial charge < -0.3 is 0 Å². The maximum Gasteiger partial charge on any atom is 0.101 e. The van der Waals surface area contributed by atoms with Crippen LogP contribution < -0.4 is 0 Å². The predicted octanol–water partition coefficient (Wildman–Crippen LogP) is 3.89. The van der Waals surface area contributed by atoms with E-state index in [1.165, 1.54) is 4.90 Å². The molecule has 72 valence electrons. The van der Waals surface area contributed by atoms with Gasteiger partial charge in [0.2, 0.25) is 0 Å². The van der Waals surface area contributed by atoms with E-state index in [1.54, 1.807) is 0 Å². The van der Waals surface area contributed by atoms with Gasteiger partial charge in [-0.05, 0) is 41.6 Å². The zero-order valence-electron chi connectivity index (χ0n) is 8.39. The van der Waals surface area contributed by atoms with Gasteiger partial charge in [0.05, 0.1) is 5.69 Å². The molecule has 0 aromatic carbocycles. The monoisotopic (exact) mass is 307 g/mol. The molecule has 0 amide bonds. The van der Waals surface area contributed by atoms with E-state index < -0.39 is 0 Å². The first-order valence-electron chi connectivity index (χ1n) is 4.21. The highest BCUT2D eigenvalue weighted by Crippen LogP contribution is 2.33. The van der Waals surface area contributed by atoms with Crippen LogP contribution in [0.25, 0.3) is 0 Å². The predicted molar refractivity (Wildman–Crippen MR) is 67.3 cm³/mol. The summed E-state index contributed by atoms with van der Waals surface area (Å²) in [5.74, 6) is 0. The maximum absolute atomic E-state index is 4.42. The van der Waals surface area contributed by atoms with Crippen LogP contribution in [0.1, 0.15) is 26.5 Å². The highest BCUT2D eigenvalue weighted by atomic mass is 127. The Morgan fingerprint density at radius 2 is 1.92 bits per heavy atom. The molecule has 0 aliphatic rings. The van der Waals surface area contributed by atoms with Gasteiger partial charge >= 0.3 is 0 Å². The van der Waals surface area contributed by atoms with Crippen LogP contribution in [0, 0.1) is 10.6 Å². The van der Waals surface area contributed by atoms with Crippen LogP contribution >= 0.6 is 34.4 Å². The second kappa shape index (κ2) is 4.17. The summed E-state index contributed by atoms with van der Waals surface area (Å²) >= 11 is 4.11. The number of aromatic nitrogens is 1. The largest absolute Gasteiger partial charge is 0.246 e. The van der Waals surface area contributed by atoms with Gasteiger partial charge in [0.25, 0.3) is 0 Å². The topological polar surface area (TPSA) is 12.9 Å². The van der Waals surface area contributed by atoms with E-state index in [0.717, 1.165) is 9.39 Å². The fourth-order valence-electron chi connectivity index (χ4n) is 0.955. The summed E-state index contributed by atoms with van der Waals surface area (Å²) < 4.78 is 1.33. The zero-order chi connectivity index (χ0) is 10.1. The SMILES string of the molecule is Cc1nc(I)ccc1SC(C)(C)C. The number of rotatable bonds is 1. The van der Waals surface area contributed by atoms with E-state index in [9.17, 15) is 0 Å². The number of thioether (sulfide) groups is 1. The third-order valence-corrected chi connectivity index (χ3v) is 3.28. The quantitative estimate of drug-likeness (QED) is 0.443. The van der Waals surface area contributed by atoms with Crippen molar-refractivity contribution < 1.29 is 0 Å². The fraction of sp³-hybridized carbons (Fsp3) is 0.500. The molecule has 1 rings (SSSR count). The van der Waals surface area contributed by atoms with Crippen molar-refractivity contribution in [3.05, 3.63) is 21.5 Å². The molecule has 0 radical (unpaired) electrons. The van der Waals surface area contributed by atoms with Crippen molar-refractivity contribution in [3.8, 4) is 0 Å². The first kappa shape index (κ1) is 11.3. The first-order valence-corrected chi connectivity index (χ1v) is 6.10. The summed E-state index contributed by atoms with van der Waals surface area (Å²) in [6, 6.07) is 4.21. The smallest absolute Gasteiger partial charge is 0.101 e. The summed E-state index contributed by atoms with van der Waals surface area (Å²) in [6.45, 7) is 8.72. The van der Waals surface area contributed by atoms with Gasteiger partial charge in [0, 0.05) is 9.64 Å². The lowest BCUT2D eigenvalue weighted by molar-refractivity contribution is 0.801. The minimum absolute atomic E-state index is 0.263. The van der Waals surface area contributed by atoms with E-state index >= 15 is 0 Å². The molecule has 0 aliphatic carbocycles. The number of nitrogens with zero attached hydrogens (tertiary/aromatic N) is 1. The summed E-state index contributed by atoms with van der Waals surface area (Å²) in [4.78, 5) is 5.71. The Balaban J connectivity index is 2.90. The standard InChI is InChI=1S/C10H14INS/c1-7-8(13-10(2,3)4)5-6-9(11)12-7/h5-6H,1-4H3. The highest BCUT2D eigenvalue weighted by molar-refractivity contribution is 14.1. The Hall–Kier alpha value is 0.230. The Bertz CT molecular complexity index is 304. The van der Waals surface area contributed by atoms with E-state index in [2.05, 4.69) is 67.4 Å². The lowest BCUT2D eigenvalue weighted by Gasteiger charge is -2.18. The van der Waals surface area contributed by atoms with E-state index in [4.69, 9.17) is 0 Å². The van der Waals surface area contributed by atoms with E-state index in [-0.39, 0.29) is 4.75 Å². The highest BCUT2D eigenvalue weighted by Gasteiger charge is 2.13. The molecule has 0 aliphatic heterocycles. The van der Waals surface area contributed by atoms with Gasteiger partial charge in [0.1, 0.15) is 3.70 Å². The van der Waals surface area contributed by atoms with Crippen LogP contribution in [0.4, 0.5) is 0 Å². The molecule has 3 heteroatoms. The average Bonchev–Trinajstić information content (AvgIpc) is 1.93. The van der Waals surface area contributed by atoms with Gasteiger partial charge in [-0.2, -0.15) is 0 Å². The molecule has 0 saturated heterocycles. The second-order valence-electron chi connectivity index (χ2n) is 3.93. The van der Waals surface area contributed by atoms with Crippen LogP contribution in [0.3, 0.4) is 0 Å². The van der Waals surface area contributed by atoms with Crippen LogP contribution in [-0.2, 0) is 0 Å². The van der Waals surface area contributed by atoms with Crippen molar-refractivity contribution >= 4 is 34.4 Å². The number of aryl methyl sites for hydroxylation is 1. The molecule has 0 spiro atoms.